The van der Waals surface area contributed by atoms with Gasteiger partial charge >= 0.3 is 18.2 Å². The molecule has 1 aromatic carbocycles. The maximum atomic E-state index is 13.6. The van der Waals surface area contributed by atoms with Gasteiger partial charge in [-0.2, -0.15) is 4.90 Å². The summed E-state index contributed by atoms with van der Waals surface area (Å²) < 4.78 is 35.2. The number of carbonyl (C=O) groups is 3. The van der Waals surface area contributed by atoms with Gasteiger partial charge in [-0.1, -0.05) is 50.1 Å². The van der Waals surface area contributed by atoms with Gasteiger partial charge in [0.15, 0.2) is 6.04 Å². The summed E-state index contributed by atoms with van der Waals surface area (Å²) in [5.74, 6) is -0.839. The Morgan fingerprint density at radius 2 is 1.56 bits per heavy atom. The molecule has 1 saturated heterocycles. The lowest BCUT2D eigenvalue weighted by molar-refractivity contribution is -0.180. The summed E-state index contributed by atoms with van der Waals surface area (Å²) in [6.45, 7) is 14.6. The molecule has 0 radical (unpaired) electrons. The first-order chi connectivity index (χ1) is 19.2. The highest BCUT2D eigenvalue weighted by Crippen LogP contribution is 2.23. The number of cyclic esters (lactones) is 1. The quantitative estimate of drug-likeness (QED) is 0.196. The van der Waals surface area contributed by atoms with Crippen molar-refractivity contribution < 1.29 is 42.8 Å². The van der Waals surface area contributed by atoms with Crippen LogP contribution in [-0.4, -0.2) is 78.4 Å². The third-order valence-corrected chi connectivity index (χ3v) is 6.08. The van der Waals surface area contributed by atoms with Crippen molar-refractivity contribution in [2.24, 2.45) is 0 Å². The Morgan fingerprint density at radius 3 is 2.12 bits per heavy atom. The molecule has 0 aliphatic carbocycles. The number of hydrogen-bond donors (Lipinski definition) is 0. The molecule has 1 aliphatic heterocycles. The maximum Gasteiger partial charge on any atom is 0.420 e. The minimum Gasteiger partial charge on any atom is -0.458 e. The van der Waals surface area contributed by atoms with Gasteiger partial charge in [-0.15, -0.1) is 0 Å². The summed E-state index contributed by atoms with van der Waals surface area (Å²) in [5, 5.41) is 0. The standard InChI is InChI=1S/C31H49NO9/c1-9-10-14-18-37-25-17-19-36-21-24(32(28(34)40-30(3,4)5)29(35)41-31(6,7)8)27(33)39-22(2)26(25)38-20-23-15-12-11-13-16-23/h11-13,15-16,22,24-26H,9-10,14,17-21H2,1-8H3/t22-,24-,25-,26-/m0/s1. The normalized spacial score (nSPS) is 22.4. The van der Waals surface area contributed by atoms with Crippen molar-refractivity contribution >= 4 is 18.2 Å². The number of imide groups is 1. The molecule has 10 nitrogen and oxygen atoms in total. The Labute approximate surface area is 244 Å². The van der Waals surface area contributed by atoms with Gasteiger partial charge in [0, 0.05) is 13.2 Å². The molecule has 0 spiro atoms. The van der Waals surface area contributed by atoms with E-state index < -0.39 is 53.7 Å². The fourth-order valence-corrected chi connectivity index (χ4v) is 4.16. The molecule has 1 fully saturated rings. The zero-order valence-electron chi connectivity index (χ0n) is 26.0. The van der Waals surface area contributed by atoms with Crippen molar-refractivity contribution in [3.05, 3.63) is 35.9 Å². The van der Waals surface area contributed by atoms with Gasteiger partial charge in [0.1, 0.15) is 23.4 Å². The van der Waals surface area contributed by atoms with Crippen LogP contribution >= 0.6 is 0 Å². The number of rotatable bonds is 9. The van der Waals surface area contributed by atoms with Crippen molar-refractivity contribution in [1.82, 2.24) is 4.90 Å². The fraction of sp³-hybridized carbons (Fsp3) is 0.710. The number of hydrogen-bond acceptors (Lipinski definition) is 9. The molecule has 0 saturated carbocycles. The zero-order valence-corrected chi connectivity index (χ0v) is 26.0. The number of unbranched alkanes of at least 4 members (excludes halogenated alkanes) is 2. The molecule has 41 heavy (non-hydrogen) atoms. The molecule has 232 valence electrons. The highest BCUT2D eigenvalue weighted by Gasteiger charge is 2.43. The lowest BCUT2D eigenvalue weighted by Gasteiger charge is -2.36. The average molecular weight is 580 g/mol. The van der Waals surface area contributed by atoms with Crippen LogP contribution in [0, 0.1) is 0 Å². The van der Waals surface area contributed by atoms with Crippen LogP contribution in [0.4, 0.5) is 9.59 Å². The summed E-state index contributed by atoms with van der Waals surface area (Å²) >= 11 is 0. The SMILES string of the molecule is CCCCCO[C@H]1CCOC[C@H](N(C(=O)OC(C)(C)C)C(=O)OC(C)(C)C)C(=O)O[C@@H](C)[C@@H]1OCc1ccccc1. The Bertz CT molecular complexity index is 927. The predicted molar refractivity (Wildman–Crippen MR) is 153 cm³/mol. The van der Waals surface area contributed by atoms with E-state index in [0.717, 1.165) is 24.8 Å². The van der Waals surface area contributed by atoms with E-state index in [0.29, 0.717) is 17.9 Å². The van der Waals surface area contributed by atoms with Gasteiger partial charge in [-0.05, 0) is 66.9 Å². The van der Waals surface area contributed by atoms with E-state index in [4.69, 9.17) is 28.4 Å². The van der Waals surface area contributed by atoms with Gasteiger partial charge in [0.2, 0.25) is 0 Å². The maximum absolute atomic E-state index is 13.6. The van der Waals surface area contributed by atoms with Crippen molar-refractivity contribution in [2.75, 3.05) is 19.8 Å². The third-order valence-electron chi connectivity index (χ3n) is 6.08. The average Bonchev–Trinajstić information content (AvgIpc) is 2.85. The molecule has 0 N–H and O–H groups in total. The summed E-state index contributed by atoms with van der Waals surface area (Å²) in [5.41, 5.74) is -0.892. The predicted octanol–water partition coefficient (Wildman–Crippen LogP) is 6.04. The van der Waals surface area contributed by atoms with Crippen LogP contribution in [0.2, 0.25) is 0 Å². The molecule has 0 aromatic heterocycles. The van der Waals surface area contributed by atoms with E-state index in [1.165, 1.54) is 0 Å². The molecule has 1 heterocycles. The molecule has 1 aromatic rings. The number of benzene rings is 1. The van der Waals surface area contributed by atoms with E-state index >= 15 is 0 Å². The molecule has 1 aliphatic rings. The van der Waals surface area contributed by atoms with Crippen molar-refractivity contribution in [1.29, 1.82) is 0 Å². The number of esters is 1. The first-order valence-electron chi connectivity index (χ1n) is 14.5. The van der Waals surface area contributed by atoms with Gasteiger partial charge in [0.25, 0.3) is 0 Å². The van der Waals surface area contributed by atoms with E-state index in [-0.39, 0.29) is 19.8 Å². The van der Waals surface area contributed by atoms with E-state index in [1.807, 2.05) is 30.3 Å². The van der Waals surface area contributed by atoms with Crippen LogP contribution in [0.25, 0.3) is 0 Å². The smallest absolute Gasteiger partial charge is 0.420 e. The van der Waals surface area contributed by atoms with Crippen molar-refractivity contribution in [3.8, 4) is 0 Å². The van der Waals surface area contributed by atoms with Crippen molar-refractivity contribution in [3.63, 3.8) is 0 Å². The van der Waals surface area contributed by atoms with E-state index in [9.17, 15) is 14.4 Å². The van der Waals surface area contributed by atoms with Crippen LogP contribution in [-0.2, 0) is 39.8 Å². The summed E-state index contributed by atoms with van der Waals surface area (Å²) in [4.78, 5) is 40.7. The molecule has 0 bridgehead atoms. The van der Waals surface area contributed by atoms with E-state index in [2.05, 4.69) is 6.92 Å². The zero-order chi connectivity index (χ0) is 30.6. The molecule has 0 unspecified atom stereocenters. The van der Waals surface area contributed by atoms with Gasteiger partial charge in [-0.25, -0.2) is 14.4 Å². The molecular weight excluding hydrogens is 530 g/mol. The van der Waals surface area contributed by atoms with Crippen LogP contribution in [0.3, 0.4) is 0 Å². The second kappa shape index (κ2) is 16.1. The van der Waals surface area contributed by atoms with Crippen molar-refractivity contribution in [2.45, 2.75) is 123 Å². The minimum atomic E-state index is -1.43. The number of carbonyl (C=O) groups excluding carboxylic acids is 3. The highest BCUT2D eigenvalue weighted by atomic mass is 16.6. The number of nitrogens with zero attached hydrogens (tertiary/aromatic N) is 1. The van der Waals surface area contributed by atoms with Crippen LogP contribution in [0.15, 0.2) is 30.3 Å². The fourth-order valence-electron chi connectivity index (χ4n) is 4.16. The van der Waals surface area contributed by atoms with Gasteiger partial charge in [-0.3, -0.25) is 0 Å². The molecule has 4 atom stereocenters. The second-order valence-electron chi connectivity index (χ2n) is 12.2. The van der Waals surface area contributed by atoms with E-state index in [1.54, 1.807) is 48.5 Å². The molecular formula is C31H49NO9. The van der Waals surface area contributed by atoms with Crippen LogP contribution in [0.5, 0.6) is 0 Å². The molecule has 2 amide bonds. The van der Waals surface area contributed by atoms with Crippen LogP contribution in [0.1, 0.15) is 86.6 Å². The monoisotopic (exact) mass is 579 g/mol. The van der Waals surface area contributed by atoms with Crippen LogP contribution < -0.4 is 0 Å². The lowest BCUT2D eigenvalue weighted by Crippen LogP contribution is -2.56. The van der Waals surface area contributed by atoms with Gasteiger partial charge in [0.05, 0.1) is 19.3 Å². The first-order valence-corrected chi connectivity index (χ1v) is 14.5. The lowest BCUT2D eigenvalue weighted by atomic mass is 10.0. The topological polar surface area (TPSA) is 110 Å². The number of ether oxygens (including phenoxy) is 6. The highest BCUT2D eigenvalue weighted by molar-refractivity contribution is 5.94. The summed E-state index contributed by atoms with van der Waals surface area (Å²) in [7, 11) is 0. The Balaban J connectivity index is 2.33. The second-order valence-corrected chi connectivity index (χ2v) is 12.2. The molecule has 2 rings (SSSR count). The Kier molecular flexibility index (Phi) is 13.5. The summed E-state index contributed by atoms with van der Waals surface area (Å²) in [6.07, 6.45) is -0.394. The largest absolute Gasteiger partial charge is 0.458 e. The summed E-state index contributed by atoms with van der Waals surface area (Å²) in [6, 6.07) is 8.25. The third kappa shape index (κ3) is 12.4. The van der Waals surface area contributed by atoms with Gasteiger partial charge < -0.3 is 28.4 Å². The minimum absolute atomic E-state index is 0.205. The Morgan fingerprint density at radius 1 is 0.951 bits per heavy atom. The first kappa shape index (κ1) is 34.5. The Hall–Kier alpha value is -2.69. The number of amides is 2. The molecule has 10 heteroatoms.